The molecule has 5 heteroatoms. The molecule has 0 atom stereocenters. The third-order valence-electron chi connectivity index (χ3n) is 1.65. The molecule has 0 amide bonds. The molecule has 66 valence electrons. The van der Waals surface area contributed by atoms with Crippen LogP contribution in [-0.4, -0.2) is 20.2 Å². The molecule has 1 heterocycles. The Morgan fingerprint density at radius 2 is 2.00 bits per heavy atom. The SMILES string of the molecule is ICc1nnnn1-c1ccccc1. The minimum atomic E-state index is 0.805. The molecule has 0 saturated carbocycles. The van der Waals surface area contributed by atoms with E-state index < -0.39 is 0 Å². The van der Waals surface area contributed by atoms with Crippen molar-refractivity contribution in [1.82, 2.24) is 20.2 Å². The zero-order chi connectivity index (χ0) is 9.10. The van der Waals surface area contributed by atoms with Gasteiger partial charge in [0, 0.05) is 0 Å². The second kappa shape index (κ2) is 3.82. The van der Waals surface area contributed by atoms with Crippen molar-refractivity contribution in [2.24, 2.45) is 0 Å². The van der Waals surface area contributed by atoms with E-state index in [-0.39, 0.29) is 0 Å². The largest absolute Gasteiger partial charge is 0.197 e. The van der Waals surface area contributed by atoms with Gasteiger partial charge < -0.3 is 0 Å². The number of hydrogen-bond acceptors (Lipinski definition) is 3. The molecule has 0 aliphatic carbocycles. The van der Waals surface area contributed by atoms with Gasteiger partial charge in [0.15, 0.2) is 5.82 Å². The Bertz CT molecular complexity index is 384. The fraction of sp³-hybridized carbons (Fsp3) is 0.125. The van der Waals surface area contributed by atoms with Gasteiger partial charge >= 0.3 is 0 Å². The zero-order valence-electron chi connectivity index (χ0n) is 6.76. The highest BCUT2D eigenvalue weighted by Gasteiger charge is 2.04. The monoisotopic (exact) mass is 286 g/mol. The maximum absolute atomic E-state index is 3.91. The normalized spacial score (nSPS) is 10.2. The second-order valence-corrected chi connectivity index (χ2v) is 3.24. The Balaban J connectivity index is 2.47. The van der Waals surface area contributed by atoms with Crippen LogP contribution in [0, 0.1) is 0 Å². The minimum absolute atomic E-state index is 0.805. The summed E-state index contributed by atoms with van der Waals surface area (Å²) in [7, 11) is 0. The molecule has 0 fully saturated rings. The highest BCUT2D eigenvalue weighted by atomic mass is 127. The maximum Gasteiger partial charge on any atom is 0.166 e. The van der Waals surface area contributed by atoms with Crippen LogP contribution in [0.5, 0.6) is 0 Å². The van der Waals surface area contributed by atoms with E-state index in [9.17, 15) is 0 Å². The van der Waals surface area contributed by atoms with Crippen LogP contribution in [-0.2, 0) is 4.43 Å². The van der Waals surface area contributed by atoms with E-state index in [0.717, 1.165) is 15.9 Å². The number of para-hydroxylation sites is 1. The number of nitrogens with zero attached hydrogens (tertiary/aromatic N) is 4. The Morgan fingerprint density at radius 1 is 1.23 bits per heavy atom. The van der Waals surface area contributed by atoms with Crippen LogP contribution in [0.3, 0.4) is 0 Å². The van der Waals surface area contributed by atoms with Crippen LogP contribution in [0.15, 0.2) is 30.3 Å². The number of benzene rings is 1. The molecule has 0 N–H and O–H groups in total. The van der Waals surface area contributed by atoms with E-state index in [1.165, 1.54) is 0 Å². The summed E-state index contributed by atoms with van der Waals surface area (Å²) < 4.78 is 2.55. The predicted molar refractivity (Wildman–Crippen MR) is 56.9 cm³/mol. The van der Waals surface area contributed by atoms with E-state index in [0.29, 0.717) is 0 Å². The summed E-state index contributed by atoms with van der Waals surface area (Å²) in [6, 6.07) is 9.86. The third-order valence-corrected chi connectivity index (χ3v) is 2.34. The number of rotatable bonds is 2. The first-order chi connectivity index (χ1) is 6.42. The molecule has 0 aliphatic rings. The molecular formula is C8H7IN4. The molecule has 0 spiro atoms. The van der Waals surface area contributed by atoms with Gasteiger partial charge in [-0.25, -0.2) is 0 Å². The molecule has 13 heavy (non-hydrogen) atoms. The summed E-state index contributed by atoms with van der Waals surface area (Å²) in [5.74, 6) is 0.867. The summed E-state index contributed by atoms with van der Waals surface area (Å²) in [4.78, 5) is 0. The van der Waals surface area contributed by atoms with Crippen LogP contribution < -0.4 is 0 Å². The van der Waals surface area contributed by atoms with E-state index >= 15 is 0 Å². The number of aromatic nitrogens is 4. The Hall–Kier alpha value is -0.980. The highest BCUT2D eigenvalue weighted by Crippen LogP contribution is 2.08. The number of tetrazole rings is 1. The maximum atomic E-state index is 3.91. The van der Waals surface area contributed by atoms with Gasteiger partial charge in [-0.1, -0.05) is 40.8 Å². The molecule has 1 aromatic carbocycles. The van der Waals surface area contributed by atoms with Crippen molar-refractivity contribution in [2.75, 3.05) is 0 Å². The molecule has 4 nitrogen and oxygen atoms in total. The first kappa shape index (κ1) is 8.61. The molecule has 0 radical (unpaired) electrons. The summed E-state index contributed by atoms with van der Waals surface area (Å²) in [6.45, 7) is 0. The fourth-order valence-electron chi connectivity index (χ4n) is 1.06. The van der Waals surface area contributed by atoms with Crippen molar-refractivity contribution in [1.29, 1.82) is 0 Å². The van der Waals surface area contributed by atoms with E-state index in [1.54, 1.807) is 4.68 Å². The Morgan fingerprint density at radius 3 is 2.69 bits per heavy atom. The lowest BCUT2D eigenvalue weighted by molar-refractivity contribution is 0.779. The molecule has 2 aromatic rings. The number of halogens is 1. The molecule has 0 aliphatic heterocycles. The van der Waals surface area contributed by atoms with Crippen molar-refractivity contribution in [3.63, 3.8) is 0 Å². The lowest BCUT2D eigenvalue weighted by atomic mass is 10.3. The third kappa shape index (κ3) is 1.69. The molecule has 0 unspecified atom stereocenters. The van der Waals surface area contributed by atoms with Gasteiger partial charge in [-0.3, -0.25) is 0 Å². The fourth-order valence-corrected chi connectivity index (χ4v) is 1.53. The topological polar surface area (TPSA) is 43.6 Å². The first-order valence-electron chi connectivity index (χ1n) is 3.80. The Labute approximate surface area is 89.1 Å². The Kier molecular flexibility index (Phi) is 2.53. The molecular weight excluding hydrogens is 279 g/mol. The summed E-state index contributed by atoms with van der Waals surface area (Å²) >= 11 is 2.24. The van der Waals surface area contributed by atoms with E-state index in [4.69, 9.17) is 0 Å². The van der Waals surface area contributed by atoms with Crippen LogP contribution >= 0.6 is 22.6 Å². The summed E-state index contributed by atoms with van der Waals surface area (Å²) in [6.07, 6.45) is 0. The molecule has 2 rings (SSSR count). The van der Waals surface area contributed by atoms with Crippen LogP contribution in [0.1, 0.15) is 5.82 Å². The minimum Gasteiger partial charge on any atom is -0.197 e. The van der Waals surface area contributed by atoms with Gasteiger partial charge in [-0.2, -0.15) is 4.68 Å². The highest BCUT2D eigenvalue weighted by molar-refractivity contribution is 14.1. The molecule has 1 aromatic heterocycles. The van der Waals surface area contributed by atoms with Crippen LogP contribution in [0.4, 0.5) is 0 Å². The van der Waals surface area contributed by atoms with Crippen molar-refractivity contribution in [3.8, 4) is 5.69 Å². The van der Waals surface area contributed by atoms with Gasteiger partial charge in [0.2, 0.25) is 0 Å². The predicted octanol–water partition coefficient (Wildman–Crippen LogP) is 1.60. The van der Waals surface area contributed by atoms with Crippen molar-refractivity contribution < 1.29 is 0 Å². The average molecular weight is 286 g/mol. The average Bonchev–Trinajstić information content (AvgIpc) is 2.67. The van der Waals surface area contributed by atoms with Crippen LogP contribution in [0.25, 0.3) is 5.69 Å². The van der Waals surface area contributed by atoms with Crippen LogP contribution in [0.2, 0.25) is 0 Å². The smallest absolute Gasteiger partial charge is 0.166 e. The van der Waals surface area contributed by atoms with E-state index in [1.807, 2.05) is 30.3 Å². The van der Waals surface area contributed by atoms with Gasteiger partial charge in [0.05, 0.1) is 10.1 Å². The zero-order valence-corrected chi connectivity index (χ0v) is 8.92. The quantitative estimate of drug-likeness (QED) is 0.622. The van der Waals surface area contributed by atoms with Gasteiger partial charge in [-0.15, -0.1) is 5.10 Å². The summed E-state index contributed by atoms with van der Waals surface area (Å²) in [5.41, 5.74) is 0.999. The van der Waals surface area contributed by atoms with Gasteiger partial charge in [0.25, 0.3) is 0 Å². The van der Waals surface area contributed by atoms with Gasteiger partial charge in [0.1, 0.15) is 0 Å². The first-order valence-corrected chi connectivity index (χ1v) is 5.33. The summed E-state index contributed by atoms with van der Waals surface area (Å²) in [5, 5.41) is 11.4. The van der Waals surface area contributed by atoms with E-state index in [2.05, 4.69) is 38.1 Å². The lowest BCUT2D eigenvalue weighted by Crippen LogP contribution is -2.00. The van der Waals surface area contributed by atoms with Crippen molar-refractivity contribution in [3.05, 3.63) is 36.2 Å². The molecule has 0 saturated heterocycles. The number of alkyl halides is 1. The van der Waals surface area contributed by atoms with Crippen molar-refractivity contribution in [2.45, 2.75) is 4.43 Å². The number of hydrogen-bond donors (Lipinski definition) is 0. The molecule has 0 bridgehead atoms. The standard InChI is InChI=1S/C8H7IN4/c9-6-8-10-11-12-13(8)7-4-2-1-3-5-7/h1-5H,6H2. The van der Waals surface area contributed by atoms with Gasteiger partial charge in [-0.05, 0) is 22.6 Å². The second-order valence-electron chi connectivity index (χ2n) is 2.48. The van der Waals surface area contributed by atoms with Crippen molar-refractivity contribution >= 4 is 22.6 Å². The lowest BCUT2D eigenvalue weighted by Gasteiger charge is -2.00.